The van der Waals surface area contributed by atoms with E-state index in [1.807, 2.05) is 6.07 Å². The highest BCUT2D eigenvalue weighted by molar-refractivity contribution is 5.75. The molecule has 90 valence electrons. The van der Waals surface area contributed by atoms with Crippen LogP contribution in [0.4, 0.5) is 0 Å². The molecule has 4 nitrogen and oxygen atoms in total. The lowest BCUT2D eigenvalue weighted by Gasteiger charge is -2.16. The zero-order chi connectivity index (χ0) is 12.9. The predicted octanol–water partition coefficient (Wildman–Crippen LogP) is 2.48. The third kappa shape index (κ3) is 4.15. The number of esters is 1. The molecule has 0 heterocycles. The molecule has 0 aromatic heterocycles. The zero-order valence-corrected chi connectivity index (χ0v) is 10.2. The largest absolute Gasteiger partial charge is 0.457 e. The topological polar surface area (TPSA) is 59.3 Å². The molecule has 1 aromatic rings. The Morgan fingerprint density at radius 3 is 2.35 bits per heavy atom. The molecule has 1 rings (SSSR count). The summed E-state index contributed by atoms with van der Waals surface area (Å²) < 4.78 is 10.2. The van der Waals surface area contributed by atoms with Crippen LogP contribution in [-0.2, 0) is 9.53 Å². The van der Waals surface area contributed by atoms with Gasteiger partial charge < -0.3 is 9.47 Å². The van der Waals surface area contributed by atoms with Gasteiger partial charge in [0.15, 0.2) is 0 Å². The van der Waals surface area contributed by atoms with Gasteiger partial charge in [-0.1, -0.05) is 0 Å². The van der Waals surface area contributed by atoms with Crippen LogP contribution in [0.3, 0.4) is 0 Å². The molecule has 0 aliphatic heterocycles. The summed E-state index contributed by atoms with van der Waals surface area (Å²) in [6.07, 6.45) is 0. The summed E-state index contributed by atoms with van der Waals surface area (Å²) in [6.45, 7) is 5.20. The third-order valence-electron chi connectivity index (χ3n) is 2.01. The van der Waals surface area contributed by atoms with Gasteiger partial charge in [0, 0.05) is 0 Å². The molecule has 0 fully saturated rings. The molecule has 0 N–H and O–H groups in total. The molecule has 0 saturated heterocycles. The summed E-state index contributed by atoms with van der Waals surface area (Å²) in [7, 11) is 0. The lowest BCUT2D eigenvalue weighted by molar-refractivity contribution is -0.159. The Morgan fingerprint density at radius 1 is 1.29 bits per heavy atom. The summed E-state index contributed by atoms with van der Waals surface area (Å²) in [4.78, 5) is 11.4. The molecule has 4 heteroatoms. The van der Waals surface area contributed by atoms with E-state index in [-0.39, 0.29) is 12.8 Å². The molecule has 0 spiro atoms. The Labute approximate surface area is 101 Å². The van der Waals surface area contributed by atoms with Gasteiger partial charge >= 0.3 is 5.97 Å². The van der Waals surface area contributed by atoms with Gasteiger partial charge in [-0.3, -0.25) is 4.79 Å². The van der Waals surface area contributed by atoms with Crippen LogP contribution in [0.15, 0.2) is 24.3 Å². The first-order chi connectivity index (χ1) is 7.93. The van der Waals surface area contributed by atoms with E-state index in [0.717, 1.165) is 0 Å². The number of ether oxygens (including phenoxy) is 2. The van der Waals surface area contributed by atoms with Crippen LogP contribution < -0.4 is 4.74 Å². The Morgan fingerprint density at radius 2 is 1.88 bits per heavy atom. The van der Waals surface area contributed by atoms with Gasteiger partial charge in [0.2, 0.25) is 6.79 Å². The molecule has 0 aliphatic rings. The highest BCUT2D eigenvalue weighted by atomic mass is 16.7. The molecule has 0 saturated carbocycles. The second-order valence-electron chi connectivity index (χ2n) is 4.58. The Balaban J connectivity index is 2.41. The van der Waals surface area contributed by atoms with Gasteiger partial charge in [-0.05, 0) is 45.0 Å². The van der Waals surface area contributed by atoms with Crippen molar-refractivity contribution in [1.29, 1.82) is 5.26 Å². The van der Waals surface area contributed by atoms with Crippen molar-refractivity contribution in [2.75, 3.05) is 6.79 Å². The van der Waals surface area contributed by atoms with Gasteiger partial charge in [0.05, 0.1) is 17.0 Å². The number of rotatable bonds is 3. The van der Waals surface area contributed by atoms with Crippen molar-refractivity contribution in [3.8, 4) is 11.8 Å². The highest BCUT2D eigenvalue weighted by Crippen LogP contribution is 2.16. The van der Waals surface area contributed by atoms with Crippen molar-refractivity contribution >= 4 is 5.97 Å². The van der Waals surface area contributed by atoms with Crippen LogP contribution in [0.25, 0.3) is 0 Å². The van der Waals surface area contributed by atoms with Crippen molar-refractivity contribution in [1.82, 2.24) is 0 Å². The number of benzene rings is 1. The summed E-state index contributed by atoms with van der Waals surface area (Å²) >= 11 is 0. The van der Waals surface area contributed by atoms with E-state index in [2.05, 4.69) is 0 Å². The summed E-state index contributed by atoms with van der Waals surface area (Å²) in [6, 6.07) is 8.60. The molecule has 0 bridgehead atoms. The first-order valence-electron chi connectivity index (χ1n) is 5.23. The maximum atomic E-state index is 11.4. The van der Waals surface area contributed by atoms with E-state index in [1.165, 1.54) is 0 Å². The first kappa shape index (κ1) is 13.0. The molecule has 17 heavy (non-hydrogen) atoms. The molecule has 0 aliphatic carbocycles. The monoisotopic (exact) mass is 233 g/mol. The maximum absolute atomic E-state index is 11.4. The normalized spacial score (nSPS) is 10.5. The van der Waals surface area contributed by atoms with Gasteiger partial charge in [-0.25, -0.2) is 0 Å². The zero-order valence-electron chi connectivity index (χ0n) is 10.2. The minimum Gasteiger partial charge on any atom is -0.457 e. The van der Waals surface area contributed by atoms with Crippen molar-refractivity contribution in [2.24, 2.45) is 5.41 Å². The Bertz CT molecular complexity index is 423. The average molecular weight is 233 g/mol. The van der Waals surface area contributed by atoms with Crippen LogP contribution in [0, 0.1) is 16.7 Å². The fourth-order valence-corrected chi connectivity index (χ4v) is 0.993. The van der Waals surface area contributed by atoms with Crippen LogP contribution in [-0.4, -0.2) is 12.8 Å². The number of hydrogen-bond acceptors (Lipinski definition) is 4. The Hall–Kier alpha value is -2.02. The SMILES string of the molecule is CC(C)(C)C(=O)OCOc1ccc(C#N)cc1. The number of carbonyl (C=O) groups is 1. The lowest BCUT2D eigenvalue weighted by atomic mass is 9.98. The van der Waals surface area contributed by atoms with Crippen LogP contribution in [0.5, 0.6) is 5.75 Å². The maximum Gasteiger partial charge on any atom is 0.314 e. The summed E-state index contributed by atoms with van der Waals surface area (Å²) in [5, 5.41) is 8.61. The van der Waals surface area contributed by atoms with E-state index in [1.54, 1.807) is 45.0 Å². The number of nitriles is 1. The second-order valence-corrected chi connectivity index (χ2v) is 4.58. The van der Waals surface area contributed by atoms with E-state index < -0.39 is 5.41 Å². The van der Waals surface area contributed by atoms with Crippen molar-refractivity contribution in [3.05, 3.63) is 29.8 Å². The molecule has 0 amide bonds. The van der Waals surface area contributed by atoms with Gasteiger partial charge in [-0.15, -0.1) is 0 Å². The molecule has 0 unspecified atom stereocenters. The van der Waals surface area contributed by atoms with E-state index in [4.69, 9.17) is 14.7 Å². The molecular weight excluding hydrogens is 218 g/mol. The number of nitrogens with zero attached hydrogens (tertiary/aromatic N) is 1. The first-order valence-corrected chi connectivity index (χ1v) is 5.23. The fraction of sp³-hybridized carbons (Fsp3) is 0.385. The molecule has 0 radical (unpaired) electrons. The minimum atomic E-state index is -0.534. The summed E-state index contributed by atoms with van der Waals surface area (Å²) in [5.74, 6) is 0.247. The smallest absolute Gasteiger partial charge is 0.314 e. The van der Waals surface area contributed by atoms with Gasteiger partial charge in [0.1, 0.15) is 5.75 Å². The van der Waals surface area contributed by atoms with Crippen molar-refractivity contribution < 1.29 is 14.3 Å². The van der Waals surface area contributed by atoms with Crippen molar-refractivity contribution in [3.63, 3.8) is 0 Å². The van der Waals surface area contributed by atoms with Crippen LogP contribution in [0.1, 0.15) is 26.3 Å². The molecule has 0 atom stereocenters. The van der Waals surface area contributed by atoms with E-state index >= 15 is 0 Å². The predicted molar refractivity (Wildman–Crippen MR) is 62.2 cm³/mol. The average Bonchev–Trinajstić information content (AvgIpc) is 2.28. The Kier molecular flexibility index (Phi) is 4.11. The van der Waals surface area contributed by atoms with E-state index in [9.17, 15) is 4.79 Å². The van der Waals surface area contributed by atoms with Gasteiger partial charge in [-0.2, -0.15) is 5.26 Å². The number of hydrogen-bond donors (Lipinski definition) is 0. The molecular formula is C13H15NO3. The van der Waals surface area contributed by atoms with Crippen molar-refractivity contribution in [2.45, 2.75) is 20.8 Å². The van der Waals surface area contributed by atoms with Gasteiger partial charge in [0.25, 0.3) is 0 Å². The standard InChI is InChI=1S/C13H15NO3/c1-13(2,3)12(15)17-9-16-11-6-4-10(8-14)5-7-11/h4-7H,9H2,1-3H3. The summed E-state index contributed by atoms with van der Waals surface area (Å²) in [5.41, 5.74) is 0.0256. The lowest BCUT2D eigenvalue weighted by Crippen LogP contribution is -2.24. The second kappa shape index (κ2) is 5.35. The van der Waals surface area contributed by atoms with E-state index in [0.29, 0.717) is 11.3 Å². The third-order valence-corrected chi connectivity index (χ3v) is 2.01. The molecule has 1 aromatic carbocycles. The quantitative estimate of drug-likeness (QED) is 0.594. The van der Waals surface area contributed by atoms with Crippen LogP contribution in [0.2, 0.25) is 0 Å². The fourth-order valence-electron chi connectivity index (χ4n) is 0.993. The number of carbonyl (C=O) groups excluding carboxylic acids is 1. The highest BCUT2D eigenvalue weighted by Gasteiger charge is 2.22. The minimum absolute atomic E-state index is 0.123. The van der Waals surface area contributed by atoms with Crippen LogP contribution >= 0.6 is 0 Å².